The lowest BCUT2D eigenvalue weighted by atomic mass is 9.96. The first-order chi connectivity index (χ1) is 16.6. The van der Waals surface area contributed by atoms with E-state index in [0.29, 0.717) is 11.0 Å². The first kappa shape index (κ1) is 24.2. The van der Waals surface area contributed by atoms with Crippen LogP contribution in [0.5, 0.6) is 0 Å². The molecule has 1 aromatic carbocycles. The number of ether oxygens (including phenoxy) is 1. The van der Waals surface area contributed by atoms with E-state index in [4.69, 9.17) is 24.0 Å². The Morgan fingerprint density at radius 2 is 2.14 bits per heavy atom. The third kappa shape index (κ3) is 4.33. The number of benzene rings is 1. The molecule has 0 unspecified atom stereocenters. The van der Waals surface area contributed by atoms with Crippen molar-refractivity contribution in [3.8, 4) is 0 Å². The summed E-state index contributed by atoms with van der Waals surface area (Å²) in [5.74, 6) is -1.16. The topological polar surface area (TPSA) is 151 Å². The van der Waals surface area contributed by atoms with Crippen LogP contribution in [0.1, 0.15) is 31.2 Å². The minimum absolute atomic E-state index is 0.0944. The Bertz CT molecular complexity index is 1310. The van der Waals surface area contributed by atoms with Crippen LogP contribution in [0.2, 0.25) is 0 Å². The zero-order valence-corrected chi connectivity index (χ0v) is 19.3. The molecule has 4 heterocycles. The van der Waals surface area contributed by atoms with E-state index in [1.165, 1.54) is 17.8 Å². The molecule has 2 aliphatic rings. The SMILES string of the molecule is C[C@@]1(O)[C@H](O)[C@@H](CO[P@]2(=O)OCC[C@H](c3cc(F)ccc3F)O2)O[C@H]1n1ccc2c(N)ncnc21. The van der Waals surface area contributed by atoms with Crippen LogP contribution in [0, 0.1) is 11.6 Å². The van der Waals surface area contributed by atoms with Gasteiger partial charge in [-0.3, -0.25) is 13.6 Å². The summed E-state index contributed by atoms with van der Waals surface area (Å²) in [4.78, 5) is 8.09. The number of aliphatic hydroxyl groups excluding tert-OH is 1. The number of aromatic nitrogens is 3. The van der Waals surface area contributed by atoms with E-state index in [0.717, 1.165) is 18.2 Å². The quantitative estimate of drug-likeness (QED) is 0.435. The third-order valence-corrected chi connectivity index (χ3v) is 7.61. The summed E-state index contributed by atoms with van der Waals surface area (Å²) < 4.78 is 64.1. The van der Waals surface area contributed by atoms with Crippen molar-refractivity contribution in [1.82, 2.24) is 14.5 Å². The monoisotopic (exact) mass is 512 g/mol. The van der Waals surface area contributed by atoms with Crippen LogP contribution in [0.3, 0.4) is 0 Å². The van der Waals surface area contributed by atoms with Gasteiger partial charge in [0, 0.05) is 18.2 Å². The first-order valence-electron chi connectivity index (χ1n) is 10.7. The maximum atomic E-state index is 14.2. The van der Waals surface area contributed by atoms with Crippen LogP contribution < -0.4 is 5.73 Å². The van der Waals surface area contributed by atoms with Gasteiger partial charge in [-0.1, -0.05) is 0 Å². The lowest BCUT2D eigenvalue weighted by Gasteiger charge is -2.30. The van der Waals surface area contributed by atoms with Crippen molar-refractivity contribution in [1.29, 1.82) is 0 Å². The number of aliphatic hydroxyl groups is 2. The number of rotatable bonds is 5. The van der Waals surface area contributed by atoms with Gasteiger partial charge in [0.15, 0.2) is 6.23 Å². The predicted molar refractivity (Wildman–Crippen MR) is 117 cm³/mol. The molecule has 35 heavy (non-hydrogen) atoms. The number of hydrogen-bond acceptors (Lipinski definition) is 10. The molecule has 0 radical (unpaired) electrons. The van der Waals surface area contributed by atoms with Crippen LogP contribution in [0.15, 0.2) is 36.8 Å². The average molecular weight is 512 g/mol. The van der Waals surface area contributed by atoms with Crippen LogP contribution in [-0.4, -0.2) is 55.8 Å². The van der Waals surface area contributed by atoms with Crippen molar-refractivity contribution in [2.45, 2.75) is 43.5 Å². The largest absolute Gasteiger partial charge is 0.475 e. The molecule has 2 aliphatic heterocycles. The molecule has 4 N–H and O–H groups in total. The van der Waals surface area contributed by atoms with Gasteiger partial charge in [0.1, 0.15) is 47.2 Å². The summed E-state index contributed by atoms with van der Waals surface area (Å²) in [5, 5.41) is 22.3. The normalized spacial score (nSPS) is 33.4. The molecule has 0 spiro atoms. The molecule has 5 rings (SSSR count). The van der Waals surface area contributed by atoms with Gasteiger partial charge in [-0.25, -0.2) is 23.3 Å². The zero-order chi connectivity index (χ0) is 25.0. The van der Waals surface area contributed by atoms with Crippen molar-refractivity contribution in [3.05, 3.63) is 54.0 Å². The minimum Gasteiger partial charge on any atom is -0.387 e. The van der Waals surface area contributed by atoms with Crippen LogP contribution in [-0.2, 0) is 22.9 Å². The lowest BCUT2D eigenvalue weighted by molar-refractivity contribution is -0.0951. The fourth-order valence-electron chi connectivity index (χ4n) is 4.27. The molecule has 2 aromatic heterocycles. The van der Waals surface area contributed by atoms with E-state index in [1.807, 2.05) is 0 Å². The number of nitrogen functional groups attached to an aromatic ring is 1. The maximum Gasteiger partial charge on any atom is 0.475 e. The number of hydrogen-bond donors (Lipinski definition) is 3. The van der Waals surface area contributed by atoms with E-state index < -0.39 is 56.2 Å². The standard InChI is InChI=1S/C21H23F2N4O7P/c1-21(29)17(28)16(33-20(21)27-6-4-12-18(24)25-10-26-19(12)27)9-32-35(30)31-7-5-15(34-35)13-8-11(22)2-3-14(13)23/h2-4,6,8,10,15-17,20,28-29H,5,7,9H2,1H3,(H2,24,25,26)/t15-,16-,17-,20-,21-,35+/m1/s1. The second kappa shape index (κ2) is 8.86. The van der Waals surface area contributed by atoms with E-state index in [1.54, 1.807) is 12.3 Å². The molecule has 6 atom stereocenters. The van der Waals surface area contributed by atoms with Crippen molar-refractivity contribution in [3.63, 3.8) is 0 Å². The van der Waals surface area contributed by atoms with E-state index in [2.05, 4.69) is 9.97 Å². The highest BCUT2D eigenvalue weighted by Gasteiger charge is 2.54. The summed E-state index contributed by atoms with van der Waals surface area (Å²) >= 11 is 0. The van der Waals surface area contributed by atoms with Crippen molar-refractivity contribution in [2.24, 2.45) is 0 Å². The molecular formula is C21H23F2N4O7P. The van der Waals surface area contributed by atoms with Gasteiger partial charge < -0.3 is 25.3 Å². The zero-order valence-electron chi connectivity index (χ0n) is 18.5. The molecule has 0 saturated carbocycles. The number of halogens is 2. The van der Waals surface area contributed by atoms with Crippen LogP contribution in [0.25, 0.3) is 11.0 Å². The Morgan fingerprint density at radius 1 is 1.34 bits per heavy atom. The van der Waals surface area contributed by atoms with Gasteiger partial charge in [0.2, 0.25) is 0 Å². The molecule has 2 fully saturated rings. The number of phosphoric ester groups is 1. The summed E-state index contributed by atoms with van der Waals surface area (Å²) in [5.41, 5.74) is 4.33. The predicted octanol–water partition coefficient (Wildman–Crippen LogP) is 2.60. The minimum atomic E-state index is -4.22. The van der Waals surface area contributed by atoms with E-state index >= 15 is 0 Å². The number of nitrogens with zero attached hydrogens (tertiary/aromatic N) is 3. The maximum absolute atomic E-state index is 14.2. The van der Waals surface area contributed by atoms with Crippen molar-refractivity contribution >= 4 is 24.7 Å². The Balaban J connectivity index is 1.32. The third-order valence-electron chi connectivity index (χ3n) is 6.13. The summed E-state index contributed by atoms with van der Waals surface area (Å²) in [7, 11) is -4.22. The van der Waals surface area contributed by atoms with Gasteiger partial charge in [-0.2, -0.15) is 0 Å². The van der Waals surface area contributed by atoms with Crippen LogP contribution in [0.4, 0.5) is 14.6 Å². The molecule has 11 nitrogen and oxygen atoms in total. The second-order valence-corrected chi connectivity index (χ2v) is 10.2. The molecular weight excluding hydrogens is 489 g/mol. The Labute approximate surface area is 198 Å². The average Bonchev–Trinajstić information content (AvgIpc) is 3.34. The Kier molecular flexibility index (Phi) is 6.12. The lowest BCUT2D eigenvalue weighted by Crippen LogP contribution is -2.44. The molecule has 0 aliphatic carbocycles. The summed E-state index contributed by atoms with van der Waals surface area (Å²) in [6, 6.07) is 4.51. The number of nitrogens with two attached hydrogens (primary N) is 1. The summed E-state index contributed by atoms with van der Waals surface area (Å²) in [6.07, 6.45) is -1.80. The van der Waals surface area contributed by atoms with Gasteiger partial charge >= 0.3 is 7.82 Å². The summed E-state index contributed by atoms with van der Waals surface area (Å²) in [6.45, 7) is 0.791. The van der Waals surface area contributed by atoms with E-state index in [-0.39, 0.29) is 24.4 Å². The van der Waals surface area contributed by atoms with Crippen molar-refractivity contribution < 1.29 is 41.9 Å². The van der Waals surface area contributed by atoms with Crippen molar-refractivity contribution in [2.75, 3.05) is 18.9 Å². The number of fused-ring (bicyclic) bond motifs is 1. The van der Waals surface area contributed by atoms with Crippen LogP contribution >= 0.6 is 7.82 Å². The van der Waals surface area contributed by atoms with Gasteiger partial charge in [0.05, 0.1) is 24.7 Å². The molecule has 188 valence electrons. The molecule has 0 amide bonds. The number of phosphoric acid groups is 1. The second-order valence-electron chi connectivity index (χ2n) is 8.54. The van der Waals surface area contributed by atoms with E-state index in [9.17, 15) is 23.6 Å². The molecule has 0 bridgehead atoms. The molecule has 2 saturated heterocycles. The van der Waals surface area contributed by atoms with Gasteiger partial charge in [-0.05, 0) is 31.2 Å². The fourth-order valence-corrected chi connectivity index (χ4v) is 5.66. The highest BCUT2D eigenvalue weighted by Crippen LogP contribution is 2.57. The van der Waals surface area contributed by atoms with Gasteiger partial charge in [0.25, 0.3) is 0 Å². The smallest absolute Gasteiger partial charge is 0.387 e. The highest BCUT2D eigenvalue weighted by atomic mass is 31.2. The Morgan fingerprint density at radius 3 is 2.94 bits per heavy atom. The van der Waals surface area contributed by atoms with Gasteiger partial charge in [-0.15, -0.1) is 0 Å². The highest BCUT2D eigenvalue weighted by molar-refractivity contribution is 7.48. The number of anilines is 1. The molecule has 3 aromatic rings. The fraction of sp³-hybridized carbons (Fsp3) is 0.429. The first-order valence-corrected chi connectivity index (χ1v) is 12.2. The molecule has 14 heteroatoms. The Hall–Kier alpha value is -2.51.